The number of benzene rings is 1. The van der Waals surface area contributed by atoms with Crippen molar-refractivity contribution in [3.63, 3.8) is 0 Å². The predicted octanol–water partition coefficient (Wildman–Crippen LogP) is 1.92. The molecule has 100 valence electrons. The first kappa shape index (κ1) is 13.9. The van der Waals surface area contributed by atoms with Crippen LogP contribution in [0.5, 0.6) is 0 Å². The van der Waals surface area contributed by atoms with Crippen molar-refractivity contribution in [1.82, 2.24) is 0 Å². The van der Waals surface area contributed by atoms with Gasteiger partial charge in [-0.3, -0.25) is 4.79 Å². The summed E-state index contributed by atoms with van der Waals surface area (Å²) in [4.78, 5) is 11.7. The topological polar surface area (TPSA) is 79.8 Å². The number of hydrogen-bond acceptors (Lipinski definition) is 4. The minimum Gasteiger partial charge on any atom is -0.618 e. The fourth-order valence-electron chi connectivity index (χ4n) is 1.49. The summed E-state index contributed by atoms with van der Waals surface area (Å²) in [5.74, 6) is -0.0599. The van der Waals surface area contributed by atoms with E-state index in [9.17, 15) is 10.0 Å². The van der Waals surface area contributed by atoms with E-state index in [1.807, 2.05) is 6.07 Å². The average molecular weight is 285 g/mol. The quantitative estimate of drug-likeness (QED) is 0.529. The molecule has 2 rings (SSSR count). The van der Waals surface area contributed by atoms with Gasteiger partial charge >= 0.3 is 0 Å². The normalized spacial score (nSPS) is 9.75. The molecule has 0 aliphatic rings. The second-order valence-electron chi connectivity index (χ2n) is 3.89. The number of nitrogens with one attached hydrogen (secondary N) is 1. The fraction of sp³-hybridized carbons (Fsp3) is 0.0714. The molecule has 0 fully saturated rings. The number of pyridine rings is 1. The maximum atomic E-state index is 11.7. The number of anilines is 1. The third kappa shape index (κ3) is 3.73. The number of nitriles is 1. The highest BCUT2D eigenvalue weighted by atomic mass is 32.2. The van der Waals surface area contributed by atoms with E-state index in [0.717, 1.165) is 4.73 Å². The summed E-state index contributed by atoms with van der Waals surface area (Å²) in [6, 6.07) is 13.6. The summed E-state index contributed by atoms with van der Waals surface area (Å²) in [5.41, 5.74) is 1.16. The lowest BCUT2D eigenvalue weighted by molar-refractivity contribution is -0.645. The van der Waals surface area contributed by atoms with Crippen LogP contribution in [0, 0.1) is 16.5 Å². The van der Waals surface area contributed by atoms with Gasteiger partial charge in [-0.2, -0.15) is 9.99 Å². The van der Waals surface area contributed by atoms with Crippen molar-refractivity contribution < 1.29 is 9.52 Å². The van der Waals surface area contributed by atoms with Gasteiger partial charge in [0.15, 0.2) is 6.20 Å². The van der Waals surface area contributed by atoms with E-state index in [0.29, 0.717) is 16.3 Å². The highest BCUT2D eigenvalue weighted by molar-refractivity contribution is 7.99. The molecule has 20 heavy (non-hydrogen) atoms. The van der Waals surface area contributed by atoms with Gasteiger partial charge in [0, 0.05) is 17.8 Å². The number of carbonyl (C=O) groups is 1. The smallest absolute Gasteiger partial charge is 0.251 e. The largest absolute Gasteiger partial charge is 0.618 e. The molecule has 1 aromatic carbocycles. The zero-order valence-electron chi connectivity index (χ0n) is 10.4. The predicted molar refractivity (Wildman–Crippen MR) is 75.9 cm³/mol. The molecule has 0 unspecified atom stereocenters. The van der Waals surface area contributed by atoms with Crippen LogP contribution in [0.1, 0.15) is 5.56 Å². The number of amides is 1. The molecule has 0 atom stereocenters. The van der Waals surface area contributed by atoms with Gasteiger partial charge in [-0.15, -0.1) is 0 Å². The zero-order valence-corrected chi connectivity index (χ0v) is 11.3. The molecule has 6 heteroatoms. The Balaban J connectivity index is 1.89. The van der Waals surface area contributed by atoms with Crippen molar-refractivity contribution in [3.05, 3.63) is 59.4 Å². The van der Waals surface area contributed by atoms with Crippen molar-refractivity contribution in [2.24, 2.45) is 0 Å². The minimum atomic E-state index is -0.205. The molecule has 0 aliphatic carbocycles. The number of carbonyl (C=O) groups excluding carboxylic acids is 1. The summed E-state index contributed by atoms with van der Waals surface area (Å²) in [7, 11) is 0. The Kier molecular flexibility index (Phi) is 4.58. The van der Waals surface area contributed by atoms with Crippen molar-refractivity contribution in [1.29, 1.82) is 5.26 Å². The SMILES string of the molecule is N#Cc1ccc(NC(=O)CSc2cccc[n+]2[O-])cc1. The number of nitrogens with zero attached hydrogens (tertiary/aromatic N) is 2. The van der Waals surface area contributed by atoms with Crippen LogP contribution >= 0.6 is 11.8 Å². The van der Waals surface area contributed by atoms with Gasteiger partial charge in [0.1, 0.15) is 0 Å². The Bertz CT molecular complexity index is 650. The Labute approximate surface area is 120 Å². The van der Waals surface area contributed by atoms with E-state index in [1.54, 1.807) is 42.5 Å². The van der Waals surface area contributed by atoms with Gasteiger partial charge in [-0.1, -0.05) is 0 Å². The van der Waals surface area contributed by atoms with Gasteiger partial charge in [-0.25, -0.2) is 0 Å². The molecule has 1 aromatic heterocycles. The van der Waals surface area contributed by atoms with Gasteiger partial charge < -0.3 is 10.5 Å². The first-order chi connectivity index (χ1) is 9.69. The lowest BCUT2D eigenvalue weighted by Crippen LogP contribution is -2.28. The van der Waals surface area contributed by atoms with E-state index in [4.69, 9.17) is 5.26 Å². The molecule has 0 saturated carbocycles. The van der Waals surface area contributed by atoms with Crippen LogP contribution in [0.2, 0.25) is 0 Å². The summed E-state index contributed by atoms with van der Waals surface area (Å²) in [5, 5.41) is 23.2. The molecule has 0 spiro atoms. The molecule has 2 aromatic rings. The van der Waals surface area contributed by atoms with E-state index >= 15 is 0 Å². The zero-order chi connectivity index (χ0) is 14.4. The summed E-state index contributed by atoms with van der Waals surface area (Å²) < 4.78 is 0.722. The lowest BCUT2D eigenvalue weighted by Gasteiger charge is -2.05. The second-order valence-corrected chi connectivity index (χ2v) is 4.89. The van der Waals surface area contributed by atoms with Gasteiger partial charge in [0.2, 0.25) is 5.91 Å². The van der Waals surface area contributed by atoms with Crippen LogP contribution in [-0.2, 0) is 4.79 Å². The molecule has 1 heterocycles. The maximum absolute atomic E-state index is 11.7. The maximum Gasteiger partial charge on any atom is 0.251 e. The van der Waals surface area contributed by atoms with Crippen molar-refractivity contribution in [2.45, 2.75) is 5.03 Å². The molecule has 1 amide bonds. The van der Waals surface area contributed by atoms with E-state index < -0.39 is 0 Å². The first-order valence-corrected chi connectivity index (χ1v) is 6.78. The van der Waals surface area contributed by atoms with Crippen LogP contribution in [0.25, 0.3) is 0 Å². The monoisotopic (exact) mass is 285 g/mol. The fourth-order valence-corrected chi connectivity index (χ4v) is 2.20. The number of hydrogen-bond donors (Lipinski definition) is 1. The average Bonchev–Trinajstić information content (AvgIpc) is 2.47. The van der Waals surface area contributed by atoms with E-state index in [1.165, 1.54) is 18.0 Å². The Hall–Kier alpha value is -2.52. The summed E-state index contributed by atoms with van der Waals surface area (Å²) in [6.45, 7) is 0. The number of thioether (sulfide) groups is 1. The molecule has 1 N–H and O–H groups in total. The Morgan fingerprint density at radius 3 is 2.70 bits per heavy atom. The van der Waals surface area contributed by atoms with Crippen molar-refractivity contribution >= 4 is 23.4 Å². The first-order valence-electron chi connectivity index (χ1n) is 5.80. The third-order valence-corrected chi connectivity index (χ3v) is 3.46. The lowest BCUT2D eigenvalue weighted by atomic mass is 10.2. The van der Waals surface area contributed by atoms with Gasteiger partial charge in [0.25, 0.3) is 5.03 Å². The van der Waals surface area contributed by atoms with Crippen LogP contribution in [-0.4, -0.2) is 11.7 Å². The summed E-state index contributed by atoms with van der Waals surface area (Å²) in [6.07, 6.45) is 1.39. The number of aromatic nitrogens is 1. The highest BCUT2D eigenvalue weighted by Gasteiger charge is 2.09. The van der Waals surface area contributed by atoms with Crippen LogP contribution in [0.3, 0.4) is 0 Å². The molecule has 0 aliphatic heterocycles. The van der Waals surface area contributed by atoms with Crippen LogP contribution in [0.4, 0.5) is 5.69 Å². The number of rotatable bonds is 4. The molecule has 5 nitrogen and oxygen atoms in total. The molecule has 0 bridgehead atoms. The highest BCUT2D eigenvalue weighted by Crippen LogP contribution is 2.14. The summed E-state index contributed by atoms with van der Waals surface area (Å²) >= 11 is 1.17. The van der Waals surface area contributed by atoms with Crippen molar-refractivity contribution in [3.8, 4) is 6.07 Å². The Morgan fingerprint density at radius 1 is 1.30 bits per heavy atom. The molecule has 0 radical (unpaired) electrons. The Morgan fingerprint density at radius 2 is 2.05 bits per heavy atom. The van der Waals surface area contributed by atoms with Crippen molar-refractivity contribution in [2.75, 3.05) is 11.1 Å². The van der Waals surface area contributed by atoms with Crippen LogP contribution in [0.15, 0.2) is 53.7 Å². The van der Waals surface area contributed by atoms with Gasteiger partial charge in [-0.05, 0) is 42.1 Å². The molecular formula is C14H11N3O2S. The van der Waals surface area contributed by atoms with Crippen LogP contribution < -0.4 is 10.0 Å². The third-order valence-electron chi connectivity index (χ3n) is 2.44. The standard InChI is InChI=1S/C14H11N3O2S/c15-9-11-4-6-12(7-5-11)16-13(18)10-20-14-3-1-2-8-17(14)19/h1-8H,10H2,(H,16,18). The minimum absolute atomic E-state index is 0.145. The van der Waals surface area contributed by atoms with Gasteiger partial charge in [0.05, 0.1) is 17.4 Å². The van der Waals surface area contributed by atoms with E-state index in [-0.39, 0.29) is 11.7 Å². The molecule has 0 saturated heterocycles. The molecular weight excluding hydrogens is 274 g/mol. The van der Waals surface area contributed by atoms with E-state index in [2.05, 4.69) is 5.32 Å². The second kappa shape index (κ2) is 6.59.